The fourth-order valence-corrected chi connectivity index (χ4v) is 4.26. The van der Waals surface area contributed by atoms with Crippen molar-refractivity contribution in [1.29, 1.82) is 0 Å². The molecule has 160 valence electrons. The zero-order chi connectivity index (χ0) is 22.1. The van der Waals surface area contributed by atoms with Crippen LogP contribution in [-0.2, 0) is 13.5 Å². The molecule has 1 aliphatic heterocycles. The number of carbonyl (C=O) groups is 1. The van der Waals surface area contributed by atoms with Gasteiger partial charge in [0.15, 0.2) is 0 Å². The molecule has 1 unspecified atom stereocenters. The highest BCUT2D eigenvalue weighted by molar-refractivity contribution is 6.07. The highest BCUT2D eigenvalue weighted by atomic mass is 16.2. The predicted octanol–water partition coefficient (Wildman–Crippen LogP) is 4.87. The second-order valence-corrected chi connectivity index (χ2v) is 8.06. The number of nitrogens with one attached hydrogen (secondary N) is 2. The number of rotatable bonds is 4. The molecule has 1 atom stereocenters. The molecule has 3 aromatic carbocycles. The zero-order valence-electron chi connectivity index (χ0n) is 17.9. The van der Waals surface area contributed by atoms with E-state index in [-0.39, 0.29) is 12.1 Å². The molecule has 0 bridgehead atoms. The Morgan fingerprint density at radius 3 is 2.69 bits per heavy atom. The lowest BCUT2D eigenvalue weighted by Crippen LogP contribution is -2.26. The first kappa shape index (κ1) is 20.0. The molecule has 1 aliphatic rings. The molecule has 6 nitrogen and oxygen atoms in total. The van der Waals surface area contributed by atoms with Gasteiger partial charge in [-0.1, -0.05) is 36.4 Å². The third-order valence-corrected chi connectivity index (χ3v) is 5.90. The monoisotopic (exact) mass is 423 g/mol. The minimum Gasteiger partial charge on any atom is -0.351 e. The van der Waals surface area contributed by atoms with Crippen LogP contribution in [-0.4, -0.2) is 22.9 Å². The van der Waals surface area contributed by atoms with Crippen LogP contribution in [0.5, 0.6) is 0 Å². The van der Waals surface area contributed by atoms with Gasteiger partial charge in [0.2, 0.25) is 0 Å². The number of aromatic nitrogens is 1. The lowest BCUT2D eigenvalue weighted by atomic mass is 9.90. The maximum absolute atomic E-state index is 12.6. The fourth-order valence-electron chi connectivity index (χ4n) is 4.26. The quantitative estimate of drug-likeness (QED) is 0.438. The zero-order valence-corrected chi connectivity index (χ0v) is 17.9. The number of hydrogen-bond acceptors (Lipinski definition) is 3. The molecule has 0 radical (unpaired) electrons. The topological polar surface area (TPSA) is 84.4 Å². The SMILES string of the molecule is Cn1ccc2cc(NC(=O)Nc3cccc(C(N)C4=NCCc5ccccc54)c3)ccc21. The van der Waals surface area contributed by atoms with Gasteiger partial charge in [0.05, 0.1) is 11.8 Å². The van der Waals surface area contributed by atoms with Crippen molar-refractivity contribution in [2.45, 2.75) is 12.5 Å². The van der Waals surface area contributed by atoms with Crippen molar-refractivity contribution in [2.24, 2.45) is 17.8 Å². The van der Waals surface area contributed by atoms with E-state index in [1.165, 1.54) is 5.56 Å². The number of benzene rings is 3. The van der Waals surface area contributed by atoms with Crippen molar-refractivity contribution in [2.75, 3.05) is 17.2 Å². The largest absolute Gasteiger partial charge is 0.351 e. The second kappa shape index (κ2) is 8.32. The van der Waals surface area contributed by atoms with Crippen LogP contribution < -0.4 is 16.4 Å². The number of aryl methyl sites for hydroxylation is 1. The maximum Gasteiger partial charge on any atom is 0.323 e. The van der Waals surface area contributed by atoms with E-state index in [1.807, 2.05) is 78.5 Å². The Labute approximate surface area is 186 Å². The average Bonchev–Trinajstić information content (AvgIpc) is 3.18. The molecule has 32 heavy (non-hydrogen) atoms. The van der Waals surface area contributed by atoms with Gasteiger partial charge in [-0.25, -0.2) is 4.79 Å². The molecule has 5 rings (SSSR count). The molecule has 4 N–H and O–H groups in total. The summed E-state index contributed by atoms with van der Waals surface area (Å²) in [6, 6.07) is 23.1. The summed E-state index contributed by atoms with van der Waals surface area (Å²) in [5.74, 6) is 0. The summed E-state index contributed by atoms with van der Waals surface area (Å²) in [7, 11) is 2.00. The molecule has 0 aliphatic carbocycles. The summed E-state index contributed by atoms with van der Waals surface area (Å²) in [5.41, 5.74) is 13.3. The smallest absolute Gasteiger partial charge is 0.323 e. The number of fused-ring (bicyclic) bond motifs is 2. The van der Waals surface area contributed by atoms with Gasteiger partial charge in [0, 0.05) is 47.6 Å². The number of aliphatic imine (C=N–C) groups is 1. The van der Waals surface area contributed by atoms with Gasteiger partial charge >= 0.3 is 6.03 Å². The van der Waals surface area contributed by atoms with Crippen LogP contribution in [0, 0.1) is 0 Å². The van der Waals surface area contributed by atoms with Crippen LogP contribution in [0.25, 0.3) is 10.9 Å². The van der Waals surface area contributed by atoms with E-state index in [9.17, 15) is 4.79 Å². The molecular formula is C26H25N5O. The summed E-state index contributed by atoms with van der Waals surface area (Å²) in [4.78, 5) is 17.3. The lowest BCUT2D eigenvalue weighted by molar-refractivity contribution is 0.262. The third-order valence-electron chi connectivity index (χ3n) is 5.90. The Hall–Kier alpha value is -3.90. The van der Waals surface area contributed by atoms with Crippen molar-refractivity contribution >= 4 is 34.0 Å². The summed E-state index contributed by atoms with van der Waals surface area (Å²) < 4.78 is 2.04. The first-order chi connectivity index (χ1) is 15.6. The van der Waals surface area contributed by atoms with E-state index < -0.39 is 0 Å². The number of carbonyl (C=O) groups excluding carboxylic acids is 1. The maximum atomic E-state index is 12.6. The highest BCUT2D eigenvalue weighted by Gasteiger charge is 2.21. The van der Waals surface area contributed by atoms with Crippen molar-refractivity contribution in [3.05, 3.63) is 95.7 Å². The van der Waals surface area contributed by atoms with E-state index in [2.05, 4.69) is 22.8 Å². The minimum absolute atomic E-state index is 0.300. The number of hydrogen-bond donors (Lipinski definition) is 3. The minimum atomic E-state index is -0.359. The number of nitrogens with zero attached hydrogens (tertiary/aromatic N) is 2. The molecule has 0 saturated carbocycles. The van der Waals surface area contributed by atoms with E-state index in [1.54, 1.807) is 0 Å². The van der Waals surface area contributed by atoms with Crippen molar-refractivity contribution in [1.82, 2.24) is 4.57 Å². The predicted molar refractivity (Wildman–Crippen MR) is 130 cm³/mol. The second-order valence-electron chi connectivity index (χ2n) is 8.06. The molecule has 1 aromatic heterocycles. The van der Waals surface area contributed by atoms with E-state index >= 15 is 0 Å². The van der Waals surface area contributed by atoms with Crippen molar-refractivity contribution < 1.29 is 4.79 Å². The van der Waals surface area contributed by atoms with E-state index in [0.717, 1.165) is 46.4 Å². The molecule has 2 heterocycles. The Bertz CT molecular complexity index is 1340. The van der Waals surface area contributed by atoms with Crippen LogP contribution in [0.2, 0.25) is 0 Å². The average molecular weight is 424 g/mol. The van der Waals surface area contributed by atoms with E-state index in [4.69, 9.17) is 10.7 Å². The molecule has 0 fully saturated rings. The highest BCUT2D eigenvalue weighted by Crippen LogP contribution is 2.25. The number of urea groups is 1. The third kappa shape index (κ3) is 3.88. The summed E-state index contributed by atoms with van der Waals surface area (Å²) >= 11 is 0. The number of nitrogens with two attached hydrogens (primary N) is 1. The molecule has 2 amide bonds. The standard InChI is InChI=1S/C26H25N5O/c1-31-14-12-18-15-21(9-10-23(18)31)30-26(32)29-20-7-4-6-19(16-20)24(27)25-22-8-3-2-5-17(22)11-13-28-25/h2-10,12,14-16,24H,11,13,27H2,1H3,(H2,29,30,32). The Balaban J connectivity index is 1.31. The van der Waals surface area contributed by atoms with Crippen molar-refractivity contribution in [3.8, 4) is 0 Å². The number of amides is 2. The summed E-state index contributed by atoms with van der Waals surface area (Å²) in [5, 5.41) is 6.89. The normalized spacial score (nSPS) is 13.9. The first-order valence-corrected chi connectivity index (χ1v) is 10.7. The van der Waals surface area contributed by atoms with Crippen molar-refractivity contribution in [3.63, 3.8) is 0 Å². The van der Waals surface area contributed by atoms with Gasteiger partial charge in [0.25, 0.3) is 0 Å². The van der Waals surface area contributed by atoms with Crippen LogP contribution in [0.3, 0.4) is 0 Å². The lowest BCUT2D eigenvalue weighted by Gasteiger charge is -2.22. The molecule has 0 saturated heterocycles. The van der Waals surface area contributed by atoms with E-state index in [0.29, 0.717) is 5.69 Å². The van der Waals surface area contributed by atoms with Crippen LogP contribution in [0.1, 0.15) is 22.7 Å². The van der Waals surface area contributed by atoms with Gasteiger partial charge < -0.3 is 20.9 Å². The van der Waals surface area contributed by atoms with Gasteiger partial charge in [-0.2, -0.15) is 0 Å². The first-order valence-electron chi connectivity index (χ1n) is 10.7. The summed E-state index contributed by atoms with van der Waals surface area (Å²) in [6.07, 6.45) is 2.93. The fraction of sp³-hybridized carbons (Fsp3) is 0.154. The Morgan fingerprint density at radius 1 is 1.00 bits per heavy atom. The Kier molecular flexibility index (Phi) is 5.21. The number of anilines is 2. The van der Waals surface area contributed by atoms with Crippen LogP contribution >= 0.6 is 0 Å². The molecule has 0 spiro atoms. The van der Waals surface area contributed by atoms with Gasteiger partial charge in [-0.3, -0.25) is 4.99 Å². The Morgan fingerprint density at radius 2 is 1.81 bits per heavy atom. The van der Waals surface area contributed by atoms with Crippen LogP contribution in [0.4, 0.5) is 16.2 Å². The molecular weight excluding hydrogens is 398 g/mol. The molecule has 4 aromatic rings. The molecule has 6 heteroatoms. The van der Waals surface area contributed by atoms with Gasteiger partial charge in [-0.15, -0.1) is 0 Å². The summed E-state index contributed by atoms with van der Waals surface area (Å²) in [6.45, 7) is 0.742. The van der Waals surface area contributed by atoms with Gasteiger partial charge in [0.1, 0.15) is 0 Å². The van der Waals surface area contributed by atoms with Crippen LogP contribution in [0.15, 0.2) is 84.0 Å². The van der Waals surface area contributed by atoms with Gasteiger partial charge in [-0.05, 0) is 53.9 Å².